The molecule has 0 aliphatic heterocycles. The van der Waals surface area contributed by atoms with Crippen LogP contribution in [-0.4, -0.2) is 26.6 Å². The van der Waals surface area contributed by atoms with Gasteiger partial charge < -0.3 is 5.11 Å². The van der Waals surface area contributed by atoms with Gasteiger partial charge >= 0.3 is 5.97 Å². The number of nitrogens with zero attached hydrogens (tertiary/aromatic N) is 2. The molecule has 1 aromatic heterocycles. The van der Waals surface area contributed by atoms with Crippen molar-refractivity contribution in [3.8, 4) is 0 Å². The zero-order valence-corrected chi connectivity index (χ0v) is 9.24. The van der Waals surface area contributed by atoms with E-state index in [0.29, 0.717) is 6.42 Å². The number of aromatic nitrogens is 2. The summed E-state index contributed by atoms with van der Waals surface area (Å²) in [5.41, 5.74) is 0.0870. The minimum absolute atomic E-state index is 0.0870. The zero-order valence-electron chi connectivity index (χ0n) is 8.43. The van der Waals surface area contributed by atoms with Gasteiger partial charge in [0.1, 0.15) is 0 Å². The van der Waals surface area contributed by atoms with Crippen LogP contribution in [0.3, 0.4) is 0 Å². The van der Waals surface area contributed by atoms with E-state index < -0.39 is 5.97 Å². The van der Waals surface area contributed by atoms with Gasteiger partial charge in [-0.05, 0) is 24.3 Å². The molecular weight excluding hydrogens is 212 g/mol. The van der Waals surface area contributed by atoms with Gasteiger partial charge in [-0.2, -0.15) is 5.10 Å². The van der Waals surface area contributed by atoms with Crippen molar-refractivity contribution >= 4 is 17.7 Å². The number of hydrogen-bond acceptors (Lipinski definition) is 3. The number of hydrogen-bond donors (Lipinski definition) is 1. The van der Waals surface area contributed by atoms with Gasteiger partial charge in [0, 0.05) is 18.1 Å². The molecule has 0 saturated heterocycles. The molecule has 1 fully saturated rings. The maximum atomic E-state index is 10.6. The normalized spacial score (nSPS) is 17.6. The summed E-state index contributed by atoms with van der Waals surface area (Å²) in [6.45, 7) is 0. The number of thioether (sulfide) groups is 1. The molecule has 1 N–H and O–H groups in total. The fraction of sp³-hybridized carbons (Fsp3) is 0.600. The van der Waals surface area contributed by atoms with E-state index in [1.807, 2.05) is 16.9 Å². The molecule has 1 aromatic rings. The summed E-state index contributed by atoms with van der Waals surface area (Å²) in [7, 11) is 0. The summed E-state index contributed by atoms with van der Waals surface area (Å²) in [4.78, 5) is 10.6. The minimum Gasteiger partial charge on any atom is -0.481 e. The number of carboxylic acids is 1. The fourth-order valence-electron chi connectivity index (χ4n) is 1.60. The molecule has 0 aromatic carbocycles. The van der Waals surface area contributed by atoms with E-state index in [9.17, 15) is 4.79 Å². The molecule has 0 unspecified atom stereocenters. The van der Waals surface area contributed by atoms with Crippen LogP contribution in [0.2, 0.25) is 0 Å². The van der Waals surface area contributed by atoms with Crippen molar-refractivity contribution in [3.05, 3.63) is 18.5 Å². The molecule has 1 aliphatic carbocycles. The SMILES string of the molecule is O=C(O)CC1(CSCn2cccn2)CC1. The van der Waals surface area contributed by atoms with Crippen LogP contribution in [-0.2, 0) is 10.7 Å². The first kappa shape index (κ1) is 10.5. The van der Waals surface area contributed by atoms with Crippen LogP contribution in [0.5, 0.6) is 0 Å². The average molecular weight is 226 g/mol. The highest BCUT2D eigenvalue weighted by atomic mass is 32.2. The smallest absolute Gasteiger partial charge is 0.303 e. The highest BCUT2D eigenvalue weighted by Crippen LogP contribution is 2.51. The second kappa shape index (κ2) is 4.26. The molecule has 1 aliphatic rings. The summed E-state index contributed by atoms with van der Waals surface area (Å²) in [6, 6.07) is 1.89. The van der Waals surface area contributed by atoms with Gasteiger partial charge in [0.25, 0.3) is 0 Å². The largest absolute Gasteiger partial charge is 0.481 e. The van der Waals surface area contributed by atoms with Gasteiger partial charge in [0.05, 0.1) is 12.3 Å². The molecule has 2 rings (SSSR count). The Morgan fingerprint density at radius 2 is 2.40 bits per heavy atom. The predicted molar refractivity (Wildman–Crippen MR) is 58.6 cm³/mol. The lowest BCUT2D eigenvalue weighted by atomic mass is 10.1. The molecule has 82 valence electrons. The van der Waals surface area contributed by atoms with Gasteiger partial charge in [0.2, 0.25) is 0 Å². The van der Waals surface area contributed by atoms with Crippen molar-refractivity contribution in [2.75, 3.05) is 5.75 Å². The highest BCUT2D eigenvalue weighted by Gasteiger charge is 2.44. The first-order valence-electron chi connectivity index (χ1n) is 4.97. The van der Waals surface area contributed by atoms with Gasteiger partial charge in [-0.25, -0.2) is 0 Å². The fourth-order valence-corrected chi connectivity index (χ4v) is 2.86. The third-order valence-corrected chi connectivity index (χ3v) is 3.94. The van der Waals surface area contributed by atoms with Crippen LogP contribution in [0, 0.1) is 5.41 Å². The Balaban J connectivity index is 1.72. The molecular formula is C10H14N2O2S. The zero-order chi connectivity index (χ0) is 10.7. The Labute approximate surface area is 92.7 Å². The lowest BCUT2D eigenvalue weighted by Crippen LogP contribution is -2.11. The van der Waals surface area contributed by atoms with Crippen LogP contribution in [0.25, 0.3) is 0 Å². The number of carbonyl (C=O) groups is 1. The molecule has 0 bridgehead atoms. The Hall–Kier alpha value is -0.970. The van der Waals surface area contributed by atoms with Crippen LogP contribution in [0.4, 0.5) is 0 Å². The quantitative estimate of drug-likeness (QED) is 0.804. The molecule has 0 radical (unpaired) electrons. The van der Waals surface area contributed by atoms with Gasteiger partial charge in [-0.3, -0.25) is 9.48 Å². The third kappa shape index (κ3) is 2.99. The maximum absolute atomic E-state index is 10.6. The summed E-state index contributed by atoms with van der Waals surface area (Å²) in [6.07, 6.45) is 6.12. The average Bonchev–Trinajstić information content (AvgIpc) is 2.74. The van der Waals surface area contributed by atoms with Crippen molar-refractivity contribution in [1.29, 1.82) is 0 Å². The van der Waals surface area contributed by atoms with Crippen LogP contribution >= 0.6 is 11.8 Å². The standard InChI is InChI=1S/C10H14N2O2S/c13-9(14)6-10(2-3-10)7-15-8-12-5-1-4-11-12/h1,4-5H,2-3,6-8H2,(H,13,14). The molecule has 1 saturated carbocycles. The molecule has 0 spiro atoms. The Morgan fingerprint density at radius 3 is 2.93 bits per heavy atom. The lowest BCUT2D eigenvalue weighted by Gasteiger charge is -2.11. The van der Waals surface area contributed by atoms with Gasteiger partial charge in [-0.15, -0.1) is 11.8 Å². The highest BCUT2D eigenvalue weighted by molar-refractivity contribution is 7.98. The second-order valence-corrected chi connectivity index (χ2v) is 5.05. The van der Waals surface area contributed by atoms with E-state index in [2.05, 4.69) is 5.10 Å². The number of aliphatic carboxylic acids is 1. The molecule has 15 heavy (non-hydrogen) atoms. The third-order valence-electron chi connectivity index (χ3n) is 2.67. The van der Waals surface area contributed by atoms with E-state index in [1.165, 1.54) is 0 Å². The summed E-state index contributed by atoms with van der Waals surface area (Å²) in [5.74, 6) is 1.07. The van der Waals surface area contributed by atoms with E-state index >= 15 is 0 Å². The Kier molecular flexibility index (Phi) is 3.00. The number of rotatable bonds is 6. The first-order chi connectivity index (χ1) is 7.20. The van der Waals surface area contributed by atoms with Crippen molar-refractivity contribution in [2.24, 2.45) is 5.41 Å². The second-order valence-electron chi connectivity index (χ2n) is 4.09. The Morgan fingerprint density at radius 1 is 1.60 bits per heavy atom. The first-order valence-corrected chi connectivity index (χ1v) is 6.13. The van der Waals surface area contributed by atoms with Crippen molar-refractivity contribution < 1.29 is 9.90 Å². The van der Waals surface area contributed by atoms with Crippen LogP contribution in [0.15, 0.2) is 18.5 Å². The molecule has 4 nitrogen and oxygen atoms in total. The molecule has 1 heterocycles. The number of carboxylic acid groups (broad SMARTS) is 1. The molecule has 0 atom stereocenters. The van der Waals surface area contributed by atoms with Crippen LogP contribution < -0.4 is 0 Å². The summed E-state index contributed by atoms with van der Waals surface area (Å²) < 4.78 is 1.86. The van der Waals surface area contributed by atoms with Crippen molar-refractivity contribution in [1.82, 2.24) is 9.78 Å². The minimum atomic E-state index is -0.674. The van der Waals surface area contributed by atoms with E-state index in [0.717, 1.165) is 24.5 Å². The van der Waals surface area contributed by atoms with Crippen LogP contribution in [0.1, 0.15) is 19.3 Å². The summed E-state index contributed by atoms with van der Waals surface area (Å²) >= 11 is 1.76. The van der Waals surface area contributed by atoms with Crippen molar-refractivity contribution in [3.63, 3.8) is 0 Å². The Bertz CT molecular complexity index is 333. The van der Waals surface area contributed by atoms with Gasteiger partial charge in [-0.1, -0.05) is 0 Å². The maximum Gasteiger partial charge on any atom is 0.303 e. The van der Waals surface area contributed by atoms with E-state index in [-0.39, 0.29) is 5.41 Å². The van der Waals surface area contributed by atoms with E-state index in [4.69, 9.17) is 5.11 Å². The molecule has 5 heteroatoms. The van der Waals surface area contributed by atoms with Gasteiger partial charge in [0.15, 0.2) is 0 Å². The topological polar surface area (TPSA) is 55.1 Å². The van der Waals surface area contributed by atoms with Crippen molar-refractivity contribution in [2.45, 2.75) is 25.1 Å². The molecule has 0 amide bonds. The summed E-state index contributed by atoms with van der Waals surface area (Å²) in [5, 5.41) is 12.8. The monoisotopic (exact) mass is 226 g/mol. The van der Waals surface area contributed by atoms with E-state index in [1.54, 1.807) is 18.0 Å². The lowest BCUT2D eigenvalue weighted by molar-refractivity contribution is -0.138. The predicted octanol–water partition coefficient (Wildman–Crippen LogP) is 1.83.